The molecule has 0 saturated carbocycles. The van der Waals surface area contributed by atoms with Crippen LogP contribution in [0.3, 0.4) is 0 Å². The second kappa shape index (κ2) is 9.30. The lowest BCUT2D eigenvalue weighted by Crippen LogP contribution is -2.28. The van der Waals surface area contributed by atoms with Gasteiger partial charge in [0.2, 0.25) is 0 Å². The Morgan fingerprint density at radius 1 is 1.21 bits per heavy atom. The van der Waals surface area contributed by atoms with Crippen molar-refractivity contribution in [2.24, 2.45) is 15.9 Å². The van der Waals surface area contributed by atoms with Crippen LogP contribution in [0.15, 0.2) is 58.7 Å². The van der Waals surface area contributed by atoms with E-state index in [1.165, 1.54) is 30.1 Å². The van der Waals surface area contributed by atoms with E-state index in [-0.39, 0.29) is 10.2 Å². The summed E-state index contributed by atoms with van der Waals surface area (Å²) in [6, 6.07) is 13.0. The zero-order valence-electron chi connectivity index (χ0n) is 13.9. The van der Waals surface area contributed by atoms with E-state index in [0.717, 1.165) is 11.6 Å². The van der Waals surface area contributed by atoms with E-state index in [2.05, 4.69) is 14.4 Å². The average Bonchev–Trinajstić information content (AvgIpc) is 2.62. The van der Waals surface area contributed by atoms with Gasteiger partial charge in [-0.2, -0.15) is 26.7 Å². The Morgan fingerprint density at radius 3 is 2.50 bits per heavy atom. The fraction of sp³-hybridized carbons (Fsp3) is 0.125. The molecule has 0 aliphatic carbocycles. The minimum absolute atomic E-state index is 0.211. The van der Waals surface area contributed by atoms with Crippen LogP contribution in [0.25, 0.3) is 0 Å². The van der Waals surface area contributed by atoms with E-state index in [9.17, 15) is 21.6 Å². The molecule has 0 unspecified atom stereocenters. The molecular weight excluding hydrogens is 439 g/mol. The monoisotopic (exact) mass is 451 g/mol. The van der Waals surface area contributed by atoms with Crippen molar-refractivity contribution < 1.29 is 25.8 Å². The minimum atomic E-state index is -5.80. The Hall–Kier alpha value is -2.24. The van der Waals surface area contributed by atoms with Crippen molar-refractivity contribution in [3.05, 3.63) is 64.7 Å². The summed E-state index contributed by atoms with van der Waals surface area (Å²) in [7, 11) is -5.80. The topological polar surface area (TPSA) is 94.1 Å². The number of rotatable bonds is 6. The molecule has 0 fully saturated rings. The second-order valence-corrected chi connectivity index (χ2v) is 8.07. The Kier molecular flexibility index (Phi) is 7.33. The van der Waals surface area contributed by atoms with Crippen LogP contribution in [0.4, 0.5) is 13.2 Å². The molecule has 2 aromatic carbocycles. The van der Waals surface area contributed by atoms with Crippen LogP contribution in [0.1, 0.15) is 11.1 Å². The standard InChI is InChI=1S/C16H13ClF3N3O3S2/c17-13-8-12(6-7-14(13)26-28(24,25)16(18,19)20)9-22-23-15(21)27-10-11-4-2-1-3-5-11/h1-9H,10H2,(H2,21,23). The molecule has 0 aliphatic heterocycles. The number of alkyl halides is 3. The first-order valence-electron chi connectivity index (χ1n) is 7.42. The third kappa shape index (κ3) is 6.43. The lowest BCUT2D eigenvalue weighted by atomic mass is 10.2. The summed E-state index contributed by atoms with van der Waals surface area (Å²) in [6.45, 7) is 0. The van der Waals surface area contributed by atoms with Crippen LogP contribution in [0, 0.1) is 0 Å². The van der Waals surface area contributed by atoms with Crippen LogP contribution < -0.4 is 9.92 Å². The van der Waals surface area contributed by atoms with Gasteiger partial charge in [-0.25, -0.2) is 0 Å². The highest BCUT2D eigenvalue weighted by molar-refractivity contribution is 8.13. The quantitative estimate of drug-likeness (QED) is 0.234. The molecule has 2 rings (SSSR count). The van der Waals surface area contributed by atoms with Crippen molar-refractivity contribution in [3.63, 3.8) is 0 Å². The third-order valence-corrected chi connectivity index (χ3v) is 5.15. The summed E-state index contributed by atoms with van der Waals surface area (Å²) in [4.78, 5) is 0. The molecule has 0 amide bonds. The Bertz CT molecular complexity index is 982. The molecule has 0 aromatic heterocycles. The molecule has 0 radical (unpaired) electrons. The number of thioether (sulfide) groups is 1. The molecule has 2 aromatic rings. The van der Waals surface area contributed by atoms with Gasteiger partial charge in [-0.1, -0.05) is 53.7 Å². The summed E-state index contributed by atoms with van der Waals surface area (Å²) in [6.07, 6.45) is 1.25. The molecule has 6 nitrogen and oxygen atoms in total. The highest BCUT2D eigenvalue weighted by Gasteiger charge is 2.48. The summed E-state index contributed by atoms with van der Waals surface area (Å²) in [5.41, 5.74) is 1.59. The molecule has 2 N–H and O–H groups in total. The van der Waals surface area contributed by atoms with Gasteiger partial charge in [0, 0.05) is 5.75 Å². The summed E-state index contributed by atoms with van der Waals surface area (Å²) in [5.74, 6) is -0.0467. The number of benzene rings is 2. The zero-order valence-corrected chi connectivity index (χ0v) is 16.3. The number of hydrogen-bond donors (Lipinski definition) is 1. The van der Waals surface area contributed by atoms with Crippen molar-refractivity contribution >= 4 is 44.9 Å². The number of amidine groups is 1. The van der Waals surface area contributed by atoms with Gasteiger partial charge in [0.15, 0.2) is 10.9 Å². The minimum Gasteiger partial charge on any atom is -0.377 e. The van der Waals surface area contributed by atoms with Gasteiger partial charge in [0.1, 0.15) is 0 Å². The van der Waals surface area contributed by atoms with Crippen molar-refractivity contribution in [3.8, 4) is 5.75 Å². The maximum absolute atomic E-state index is 12.3. The van der Waals surface area contributed by atoms with Crippen LogP contribution in [0.2, 0.25) is 5.02 Å². The highest BCUT2D eigenvalue weighted by Crippen LogP contribution is 2.31. The number of hydrogen-bond acceptors (Lipinski definition) is 6. The van der Waals surface area contributed by atoms with Gasteiger partial charge >= 0.3 is 15.6 Å². The van der Waals surface area contributed by atoms with E-state index < -0.39 is 21.4 Å². The van der Waals surface area contributed by atoms with Gasteiger partial charge in [-0.15, -0.1) is 5.10 Å². The van der Waals surface area contributed by atoms with Crippen LogP contribution >= 0.6 is 23.4 Å². The van der Waals surface area contributed by atoms with Crippen molar-refractivity contribution in [1.82, 2.24) is 0 Å². The van der Waals surface area contributed by atoms with Crippen molar-refractivity contribution in [1.29, 1.82) is 0 Å². The SMILES string of the molecule is NC(=NN=Cc1ccc(OS(=O)(=O)C(F)(F)F)c(Cl)c1)SCc1ccccc1. The largest absolute Gasteiger partial charge is 0.534 e. The number of nitrogens with two attached hydrogens (primary N) is 1. The Labute approximate surface area is 168 Å². The van der Waals surface area contributed by atoms with Crippen LogP contribution in [0.5, 0.6) is 5.75 Å². The fourth-order valence-corrected chi connectivity index (χ4v) is 3.10. The van der Waals surface area contributed by atoms with E-state index >= 15 is 0 Å². The van der Waals surface area contributed by atoms with Crippen LogP contribution in [-0.4, -0.2) is 25.3 Å². The van der Waals surface area contributed by atoms with Crippen LogP contribution in [-0.2, 0) is 15.9 Å². The predicted octanol–water partition coefficient (Wildman–Crippen LogP) is 4.15. The first-order chi connectivity index (χ1) is 13.1. The molecule has 28 heavy (non-hydrogen) atoms. The molecule has 0 atom stereocenters. The second-order valence-electron chi connectivity index (χ2n) is 5.13. The van der Waals surface area contributed by atoms with Gasteiger partial charge < -0.3 is 9.92 Å². The van der Waals surface area contributed by atoms with E-state index in [0.29, 0.717) is 11.3 Å². The van der Waals surface area contributed by atoms with Crippen molar-refractivity contribution in [2.75, 3.05) is 0 Å². The Morgan fingerprint density at radius 2 is 1.89 bits per heavy atom. The molecule has 12 heteroatoms. The summed E-state index contributed by atoms with van der Waals surface area (Å²) < 4.78 is 63.0. The van der Waals surface area contributed by atoms with E-state index in [1.54, 1.807) is 0 Å². The van der Waals surface area contributed by atoms with Gasteiger partial charge in [0.05, 0.1) is 11.2 Å². The maximum atomic E-state index is 12.3. The first-order valence-corrected chi connectivity index (χ1v) is 10.2. The smallest absolute Gasteiger partial charge is 0.377 e. The maximum Gasteiger partial charge on any atom is 0.534 e. The Balaban J connectivity index is 2.00. The lowest BCUT2D eigenvalue weighted by molar-refractivity contribution is -0.0500. The fourth-order valence-electron chi connectivity index (χ4n) is 1.74. The normalized spacial score (nSPS) is 13.1. The van der Waals surface area contributed by atoms with E-state index in [1.807, 2.05) is 30.3 Å². The number of halogens is 4. The highest BCUT2D eigenvalue weighted by atomic mass is 35.5. The van der Waals surface area contributed by atoms with E-state index in [4.69, 9.17) is 17.3 Å². The predicted molar refractivity (Wildman–Crippen MR) is 104 cm³/mol. The summed E-state index contributed by atoms with van der Waals surface area (Å²) >= 11 is 7.04. The lowest BCUT2D eigenvalue weighted by Gasteiger charge is -2.10. The zero-order chi connectivity index (χ0) is 20.8. The van der Waals surface area contributed by atoms with Gasteiger partial charge in [-0.05, 0) is 29.3 Å². The molecule has 150 valence electrons. The van der Waals surface area contributed by atoms with Gasteiger partial charge in [-0.3, -0.25) is 0 Å². The third-order valence-electron chi connectivity index (χ3n) is 3.03. The summed E-state index contributed by atoms with van der Waals surface area (Å²) in [5, 5.41) is 7.41. The average molecular weight is 452 g/mol. The van der Waals surface area contributed by atoms with Crippen molar-refractivity contribution in [2.45, 2.75) is 11.3 Å². The molecule has 0 spiro atoms. The molecule has 0 heterocycles. The van der Waals surface area contributed by atoms with Gasteiger partial charge in [0.25, 0.3) is 0 Å². The molecule has 0 aliphatic rings. The first kappa shape index (κ1) is 22.1. The molecule has 0 saturated heterocycles. The molecular formula is C16H13ClF3N3O3S2. The number of nitrogens with zero attached hydrogens (tertiary/aromatic N) is 2. The molecule has 0 bridgehead atoms.